The number of rotatable bonds is 3. The number of halogens is 2. The van der Waals surface area contributed by atoms with Gasteiger partial charge in [-0.05, 0) is 18.6 Å². The van der Waals surface area contributed by atoms with Crippen LogP contribution in [0, 0.1) is 18.6 Å². The molecule has 0 saturated heterocycles. The number of hydrogen-bond acceptors (Lipinski definition) is 3. The third kappa shape index (κ3) is 4.25. The van der Waals surface area contributed by atoms with Crippen molar-refractivity contribution >= 4 is 34.7 Å². The third-order valence-electron chi connectivity index (χ3n) is 2.13. The number of amides is 2. The summed E-state index contributed by atoms with van der Waals surface area (Å²) in [6, 6.07) is 1.71. The van der Waals surface area contributed by atoms with E-state index in [0.717, 1.165) is 12.1 Å². The average Bonchev–Trinajstić information content (AvgIpc) is 2.32. The Morgan fingerprint density at radius 1 is 1.26 bits per heavy atom. The zero-order valence-corrected chi connectivity index (χ0v) is 10.7. The molecule has 1 aromatic rings. The lowest BCUT2D eigenvalue weighted by Gasteiger charge is -2.08. The van der Waals surface area contributed by atoms with Crippen molar-refractivity contribution in [2.45, 2.75) is 6.92 Å². The fourth-order valence-corrected chi connectivity index (χ4v) is 1.24. The van der Waals surface area contributed by atoms with E-state index in [9.17, 15) is 18.4 Å². The molecule has 1 aromatic carbocycles. The predicted molar refractivity (Wildman–Crippen MR) is 69.5 cm³/mol. The van der Waals surface area contributed by atoms with E-state index in [0.29, 0.717) is 0 Å². The van der Waals surface area contributed by atoms with Crippen molar-refractivity contribution in [2.24, 2.45) is 5.73 Å². The van der Waals surface area contributed by atoms with Gasteiger partial charge in [0.05, 0.1) is 17.2 Å². The highest BCUT2D eigenvalue weighted by molar-refractivity contribution is 7.80. The van der Waals surface area contributed by atoms with Gasteiger partial charge in [0, 0.05) is 6.07 Å². The zero-order chi connectivity index (χ0) is 14.6. The van der Waals surface area contributed by atoms with E-state index in [1.807, 2.05) is 5.32 Å². The van der Waals surface area contributed by atoms with Crippen molar-refractivity contribution < 1.29 is 18.4 Å². The molecule has 8 heteroatoms. The second kappa shape index (κ2) is 6.19. The van der Waals surface area contributed by atoms with Gasteiger partial charge in [0.25, 0.3) is 0 Å². The van der Waals surface area contributed by atoms with Crippen molar-refractivity contribution in [3.8, 4) is 0 Å². The number of nitrogens with one attached hydrogen (secondary N) is 2. The Hall–Kier alpha value is -2.09. The lowest BCUT2D eigenvalue weighted by Crippen LogP contribution is -2.39. The minimum atomic E-state index is -1.14. The first kappa shape index (κ1) is 15.0. The summed E-state index contributed by atoms with van der Waals surface area (Å²) >= 11 is 4.50. The molecule has 0 bridgehead atoms. The van der Waals surface area contributed by atoms with Gasteiger partial charge in [-0.25, -0.2) is 8.78 Å². The van der Waals surface area contributed by atoms with E-state index in [-0.39, 0.29) is 17.1 Å². The molecule has 0 aliphatic heterocycles. The number of benzene rings is 1. The van der Waals surface area contributed by atoms with Crippen LogP contribution in [0.1, 0.15) is 5.56 Å². The van der Waals surface area contributed by atoms with Crippen LogP contribution in [0.15, 0.2) is 12.1 Å². The SMILES string of the molecule is Cc1cc(F)c(NC(=O)C(=O)NCC(N)=S)cc1F. The van der Waals surface area contributed by atoms with Gasteiger partial charge in [0.2, 0.25) is 0 Å². The van der Waals surface area contributed by atoms with Gasteiger partial charge in [-0.1, -0.05) is 12.2 Å². The molecule has 0 spiro atoms. The Morgan fingerprint density at radius 3 is 2.47 bits per heavy atom. The van der Waals surface area contributed by atoms with Crippen molar-refractivity contribution in [1.82, 2.24) is 5.32 Å². The molecule has 4 N–H and O–H groups in total. The van der Waals surface area contributed by atoms with Crippen LogP contribution < -0.4 is 16.4 Å². The van der Waals surface area contributed by atoms with Crippen LogP contribution in [0.3, 0.4) is 0 Å². The summed E-state index contributed by atoms with van der Waals surface area (Å²) in [4.78, 5) is 22.6. The average molecular weight is 287 g/mol. The van der Waals surface area contributed by atoms with Crippen LogP contribution in [-0.2, 0) is 9.59 Å². The van der Waals surface area contributed by atoms with Crippen LogP contribution in [-0.4, -0.2) is 23.3 Å². The molecule has 1 rings (SSSR count). The van der Waals surface area contributed by atoms with Crippen molar-refractivity contribution in [2.75, 3.05) is 11.9 Å². The molecule has 5 nitrogen and oxygen atoms in total. The molecule has 0 fully saturated rings. The van der Waals surface area contributed by atoms with E-state index >= 15 is 0 Å². The molecule has 0 aliphatic rings. The first-order valence-electron chi connectivity index (χ1n) is 5.14. The van der Waals surface area contributed by atoms with E-state index in [1.54, 1.807) is 0 Å². The molecule has 0 unspecified atom stereocenters. The Kier molecular flexibility index (Phi) is 4.87. The van der Waals surface area contributed by atoms with Crippen LogP contribution in [0.2, 0.25) is 0 Å². The van der Waals surface area contributed by atoms with Gasteiger partial charge in [-0.3, -0.25) is 9.59 Å². The lowest BCUT2D eigenvalue weighted by atomic mass is 10.2. The molecular weight excluding hydrogens is 276 g/mol. The van der Waals surface area contributed by atoms with Crippen LogP contribution in [0.5, 0.6) is 0 Å². The molecule has 0 radical (unpaired) electrons. The highest BCUT2D eigenvalue weighted by Crippen LogP contribution is 2.18. The smallest absolute Gasteiger partial charge is 0.313 e. The number of carbonyl (C=O) groups is 2. The predicted octanol–water partition coefficient (Wildman–Crippen LogP) is 0.614. The number of anilines is 1. The number of thiocarbonyl (C=S) groups is 1. The summed E-state index contributed by atoms with van der Waals surface area (Å²) in [6.07, 6.45) is 0. The molecule has 102 valence electrons. The molecule has 19 heavy (non-hydrogen) atoms. The number of aryl methyl sites for hydroxylation is 1. The van der Waals surface area contributed by atoms with Gasteiger partial charge in [0.1, 0.15) is 11.6 Å². The van der Waals surface area contributed by atoms with Gasteiger partial charge < -0.3 is 16.4 Å². The molecule has 0 heterocycles. The highest BCUT2D eigenvalue weighted by atomic mass is 32.1. The monoisotopic (exact) mass is 287 g/mol. The molecular formula is C11H11F2N3O2S. The Bertz CT molecular complexity index is 549. The Morgan fingerprint density at radius 2 is 1.89 bits per heavy atom. The topological polar surface area (TPSA) is 84.2 Å². The van der Waals surface area contributed by atoms with Crippen molar-refractivity contribution in [1.29, 1.82) is 0 Å². The molecule has 0 aromatic heterocycles. The summed E-state index contributed by atoms with van der Waals surface area (Å²) in [6.45, 7) is 1.21. The minimum absolute atomic E-state index is 0.00582. The van der Waals surface area contributed by atoms with Crippen LogP contribution in [0.25, 0.3) is 0 Å². The van der Waals surface area contributed by atoms with E-state index < -0.39 is 29.1 Å². The second-order valence-corrected chi connectivity index (χ2v) is 4.21. The maximum absolute atomic E-state index is 13.4. The van der Waals surface area contributed by atoms with Crippen molar-refractivity contribution in [3.63, 3.8) is 0 Å². The van der Waals surface area contributed by atoms with Gasteiger partial charge >= 0.3 is 11.8 Å². The summed E-state index contributed by atoms with van der Waals surface area (Å²) < 4.78 is 26.6. The molecule has 0 saturated carbocycles. The summed E-state index contributed by atoms with van der Waals surface area (Å²) in [7, 11) is 0. The summed E-state index contributed by atoms with van der Waals surface area (Å²) in [5.74, 6) is -3.72. The number of hydrogen-bond donors (Lipinski definition) is 3. The highest BCUT2D eigenvalue weighted by Gasteiger charge is 2.16. The van der Waals surface area contributed by atoms with E-state index in [4.69, 9.17) is 5.73 Å². The maximum atomic E-state index is 13.4. The summed E-state index contributed by atoms with van der Waals surface area (Å²) in [5.41, 5.74) is 4.80. The third-order valence-corrected chi connectivity index (χ3v) is 2.27. The van der Waals surface area contributed by atoms with E-state index in [1.165, 1.54) is 6.92 Å². The number of nitrogens with two attached hydrogens (primary N) is 1. The minimum Gasteiger partial charge on any atom is -0.392 e. The van der Waals surface area contributed by atoms with E-state index in [2.05, 4.69) is 17.5 Å². The molecule has 0 aliphatic carbocycles. The molecule has 2 amide bonds. The molecule has 0 atom stereocenters. The summed E-state index contributed by atoms with van der Waals surface area (Å²) in [5, 5.41) is 4.07. The van der Waals surface area contributed by atoms with Crippen LogP contribution in [0.4, 0.5) is 14.5 Å². The quantitative estimate of drug-likeness (QED) is 0.562. The second-order valence-electron chi connectivity index (χ2n) is 3.68. The number of carbonyl (C=O) groups excluding carboxylic acids is 2. The van der Waals surface area contributed by atoms with Crippen LogP contribution >= 0.6 is 12.2 Å². The largest absolute Gasteiger partial charge is 0.392 e. The Balaban J connectivity index is 2.74. The fourth-order valence-electron chi connectivity index (χ4n) is 1.17. The zero-order valence-electron chi connectivity index (χ0n) is 9.92. The van der Waals surface area contributed by atoms with Gasteiger partial charge in [-0.15, -0.1) is 0 Å². The standard InChI is InChI=1S/C11H11F2N3O2S/c1-5-2-7(13)8(3-6(5)12)16-11(18)10(17)15-4-9(14)19/h2-3H,4H2,1H3,(H2,14,19)(H,15,17)(H,16,18). The lowest BCUT2D eigenvalue weighted by molar-refractivity contribution is -0.136. The first-order chi connectivity index (χ1) is 8.81. The normalized spacial score (nSPS) is 9.84. The van der Waals surface area contributed by atoms with Crippen molar-refractivity contribution in [3.05, 3.63) is 29.3 Å². The maximum Gasteiger partial charge on any atom is 0.313 e. The van der Waals surface area contributed by atoms with Gasteiger partial charge in [-0.2, -0.15) is 0 Å². The van der Waals surface area contributed by atoms with Gasteiger partial charge in [0.15, 0.2) is 0 Å². The first-order valence-corrected chi connectivity index (χ1v) is 5.55. The fraction of sp³-hybridized carbons (Fsp3) is 0.182. The Labute approximate surface area is 113 Å².